The molecular weight excluding hydrogens is 356 g/mol. The molecule has 0 aromatic heterocycles. The lowest BCUT2D eigenvalue weighted by atomic mass is 10.0. The van der Waals surface area contributed by atoms with Gasteiger partial charge < -0.3 is 24.8 Å². The van der Waals surface area contributed by atoms with E-state index < -0.39 is 6.61 Å². The van der Waals surface area contributed by atoms with Crippen LogP contribution >= 0.6 is 0 Å². The Bertz CT molecular complexity index is 583. The van der Waals surface area contributed by atoms with Crippen molar-refractivity contribution in [3.8, 4) is 11.5 Å². The average Bonchev–Trinajstić information content (AvgIpc) is 2.63. The zero-order valence-corrected chi connectivity index (χ0v) is 16.7. The number of aliphatic imine (C=N–C) groups is 1. The SMILES string of the molecule is CCOC(CCNC(=NC)NCc1ccc(OC)c(OC(F)F)c1)C(C)C. The number of hydrogen-bond acceptors (Lipinski definition) is 4. The molecule has 1 aromatic rings. The van der Waals surface area contributed by atoms with E-state index in [0.717, 1.165) is 12.0 Å². The Hall–Kier alpha value is -2.09. The Balaban J connectivity index is 2.57. The van der Waals surface area contributed by atoms with Crippen molar-refractivity contribution in [3.63, 3.8) is 0 Å². The summed E-state index contributed by atoms with van der Waals surface area (Å²) in [7, 11) is 3.08. The Kier molecular flexibility index (Phi) is 10.5. The van der Waals surface area contributed by atoms with Gasteiger partial charge in [-0.15, -0.1) is 0 Å². The van der Waals surface area contributed by atoms with Crippen LogP contribution in [-0.2, 0) is 11.3 Å². The van der Waals surface area contributed by atoms with E-state index in [9.17, 15) is 8.78 Å². The van der Waals surface area contributed by atoms with Crippen molar-refractivity contribution in [2.45, 2.75) is 46.5 Å². The lowest BCUT2D eigenvalue weighted by Gasteiger charge is -2.21. The predicted molar refractivity (Wildman–Crippen MR) is 103 cm³/mol. The van der Waals surface area contributed by atoms with Crippen molar-refractivity contribution in [3.05, 3.63) is 23.8 Å². The van der Waals surface area contributed by atoms with E-state index in [4.69, 9.17) is 9.47 Å². The molecule has 0 aliphatic rings. The van der Waals surface area contributed by atoms with Crippen molar-refractivity contribution >= 4 is 5.96 Å². The molecule has 2 N–H and O–H groups in total. The van der Waals surface area contributed by atoms with Crippen molar-refractivity contribution < 1.29 is 23.0 Å². The van der Waals surface area contributed by atoms with E-state index in [0.29, 0.717) is 31.6 Å². The molecule has 27 heavy (non-hydrogen) atoms. The van der Waals surface area contributed by atoms with E-state index in [1.807, 2.05) is 6.92 Å². The zero-order valence-electron chi connectivity index (χ0n) is 16.7. The van der Waals surface area contributed by atoms with Gasteiger partial charge >= 0.3 is 6.61 Å². The van der Waals surface area contributed by atoms with Gasteiger partial charge in [-0.05, 0) is 37.0 Å². The molecule has 6 nitrogen and oxygen atoms in total. The molecule has 0 aliphatic heterocycles. The third-order valence-corrected chi connectivity index (χ3v) is 3.97. The molecule has 0 spiro atoms. The van der Waals surface area contributed by atoms with Crippen LogP contribution in [0.3, 0.4) is 0 Å². The summed E-state index contributed by atoms with van der Waals surface area (Å²) in [5.74, 6) is 1.33. The fraction of sp³-hybridized carbons (Fsp3) is 0.632. The lowest BCUT2D eigenvalue weighted by molar-refractivity contribution is -0.0512. The number of rotatable bonds is 11. The van der Waals surface area contributed by atoms with Crippen molar-refractivity contribution in [2.75, 3.05) is 27.3 Å². The molecule has 0 bridgehead atoms. The summed E-state index contributed by atoms with van der Waals surface area (Å²) in [6.45, 7) is 5.16. The van der Waals surface area contributed by atoms with Crippen LogP contribution in [0.4, 0.5) is 8.78 Å². The number of guanidine groups is 1. The maximum absolute atomic E-state index is 12.5. The highest BCUT2D eigenvalue weighted by atomic mass is 19.3. The summed E-state index contributed by atoms with van der Waals surface area (Å²) in [4.78, 5) is 4.17. The van der Waals surface area contributed by atoms with Gasteiger partial charge in [-0.25, -0.2) is 0 Å². The Morgan fingerprint density at radius 3 is 2.48 bits per heavy atom. The van der Waals surface area contributed by atoms with Crippen LogP contribution in [0, 0.1) is 5.92 Å². The number of nitrogens with zero attached hydrogens (tertiary/aromatic N) is 1. The quantitative estimate of drug-likeness (QED) is 0.450. The van der Waals surface area contributed by atoms with Crippen LogP contribution in [0.25, 0.3) is 0 Å². The molecule has 1 rings (SSSR count). The van der Waals surface area contributed by atoms with E-state index in [1.54, 1.807) is 19.2 Å². The first-order valence-electron chi connectivity index (χ1n) is 9.09. The highest BCUT2D eigenvalue weighted by molar-refractivity contribution is 5.79. The molecule has 154 valence electrons. The summed E-state index contributed by atoms with van der Waals surface area (Å²) in [5, 5.41) is 6.39. The average molecular weight is 387 g/mol. The van der Waals surface area contributed by atoms with Gasteiger partial charge in [-0.2, -0.15) is 8.78 Å². The molecule has 1 aromatic carbocycles. The maximum atomic E-state index is 12.5. The lowest BCUT2D eigenvalue weighted by Crippen LogP contribution is -2.38. The van der Waals surface area contributed by atoms with Crippen LogP contribution in [0.2, 0.25) is 0 Å². The highest BCUT2D eigenvalue weighted by Crippen LogP contribution is 2.29. The van der Waals surface area contributed by atoms with Gasteiger partial charge in [-0.1, -0.05) is 19.9 Å². The van der Waals surface area contributed by atoms with Gasteiger partial charge in [0.2, 0.25) is 0 Å². The number of benzene rings is 1. The molecule has 0 radical (unpaired) electrons. The number of nitrogens with one attached hydrogen (secondary N) is 2. The Labute approximate surface area is 160 Å². The summed E-state index contributed by atoms with van der Waals surface area (Å²) in [6.07, 6.45) is 1.05. The maximum Gasteiger partial charge on any atom is 0.387 e. The molecule has 0 amide bonds. The largest absolute Gasteiger partial charge is 0.493 e. The smallest absolute Gasteiger partial charge is 0.387 e. The second-order valence-electron chi connectivity index (χ2n) is 6.24. The molecular formula is C19H31F2N3O3. The third-order valence-electron chi connectivity index (χ3n) is 3.97. The normalized spacial score (nSPS) is 13.0. The summed E-state index contributed by atoms with van der Waals surface area (Å²) >= 11 is 0. The molecule has 1 atom stereocenters. The van der Waals surface area contributed by atoms with Crippen molar-refractivity contribution in [2.24, 2.45) is 10.9 Å². The molecule has 0 saturated carbocycles. The fourth-order valence-electron chi connectivity index (χ4n) is 2.58. The van der Waals surface area contributed by atoms with E-state index in [-0.39, 0.29) is 17.6 Å². The summed E-state index contributed by atoms with van der Waals surface area (Å²) < 4.78 is 40.3. The second-order valence-corrected chi connectivity index (χ2v) is 6.24. The minimum Gasteiger partial charge on any atom is -0.493 e. The first-order chi connectivity index (χ1) is 12.9. The topological polar surface area (TPSA) is 64.1 Å². The number of alkyl halides is 2. The fourth-order valence-corrected chi connectivity index (χ4v) is 2.58. The molecule has 0 heterocycles. The van der Waals surface area contributed by atoms with E-state index >= 15 is 0 Å². The Morgan fingerprint density at radius 1 is 1.19 bits per heavy atom. The standard InChI is InChI=1S/C19H31F2N3O3/c1-6-26-15(13(2)3)9-10-23-19(22-4)24-12-14-7-8-16(25-5)17(11-14)27-18(20)21/h7-8,11,13,15,18H,6,9-10,12H2,1-5H3,(H2,22,23,24). The highest BCUT2D eigenvalue weighted by Gasteiger charge is 2.14. The van der Waals surface area contributed by atoms with E-state index in [2.05, 4.69) is 34.2 Å². The number of halogens is 2. The van der Waals surface area contributed by atoms with Gasteiger partial charge in [0, 0.05) is 26.7 Å². The summed E-state index contributed by atoms with van der Waals surface area (Å²) in [6, 6.07) is 4.90. The Morgan fingerprint density at radius 2 is 1.93 bits per heavy atom. The van der Waals surface area contributed by atoms with Gasteiger partial charge in [0.05, 0.1) is 13.2 Å². The summed E-state index contributed by atoms with van der Waals surface area (Å²) in [5.41, 5.74) is 0.767. The third kappa shape index (κ3) is 8.43. The van der Waals surface area contributed by atoms with Crippen LogP contribution < -0.4 is 20.1 Å². The molecule has 0 aliphatic carbocycles. The monoisotopic (exact) mass is 387 g/mol. The van der Waals surface area contributed by atoms with Crippen LogP contribution in [0.5, 0.6) is 11.5 Å². The van der Waals surface area contributed by atoms with Gasteiger partial charge in [-0.3, -0.25) is 4.99 Å². The van der Waals surface area contributed by atoms with Gasteiger partial charge in [0.1, 0.15) is 0 Å². The first kappa shape index (κ1) is 23.0. The van der Waals surface area contributed by atoms with Crippen LogP contribution in [-0.4, -0.2) is 46.0 Å². The minimum absolute atomic E-state index is 0.00577. The van der Waals surface area contributed by atoms with Gasteiger partial charge in [0.25, 0.3) is 0 Å². The molecule has 8 heteroatoms. The number of ether oxygens (including phenoxy) is 3. The number of hydrogen-bond donors (Lipinski definition) is 2. The predicted octanol–water partition coefficient (Wildman–Crippen LogP) is 3.41. The minimum atomic E-state index is -2.91. The van der Waals surface area contributed by atoms with Crippen LogP contribution in [0.15, 0.2) is 23.2 Å². The van der Waals surface area contributed by atoms with Crippen molar-refractivity contribution in [1.82, 2.24) is 10.6 Å². The molecule has 0 fully saturated rings. The van der Waals surface area contributed by atoms with Crippen LogP contribution in [0.1, 0.15) is 32.8 Å². The molecule has 1 unspecified atom stereocenters. The second kappa shape index (κ2) is 12.3. The number of methoxy groups -OCH3 is 1. The van der Waals surface area contributed by atoms with Gasteiger partial charge in [0.15, 0.2) is 17.5 Å². The van der Waals surface area contributed by atoms with E-state index in [1.165, 1.54) is 13.2 Å². The zero-order chi connectivity index (χ0) is 20.2. The molecule has 0 saturated heterocycles. The van der Waals surface area contributed by atoms with Crippen molar-refractivity contribution in [1.29, 1.82) is 0 Å². The first-order valence-corrected chi connectivity index (χ1v) is 9.09.